The van der Waals surface area contributed by atoms with Gasteiger partial charge in [-0.3, -0.25) is 9.69 Å². The Bertz CT molecular complexity index is 692. The van der Waals surface area contributed by atoms with Gasteiger partial charge >= 0.3 is 0 Å². The highest BCUT2D eigenvalue weighted by Gasteiger charge is 2.27. The molecule has 0 aromatic heterocycles. The Hall–Kier alpha value is -1.44. The largest absolute Gasteiger partial charge is 0.372 e. The lowest BCUT2D eigenvalue weighted by molar-refractivity contribution is -0.144. The lowest BCUT2D eigenvalue weighted by atomic mass is 10.1. The maximum Gasteiger partial charge on any atom is 0.236 e. The van der Waals surface area contributed by atoms with Gasteiger partial charge in [0.05, 0.1) is 23.6 Å². The van der Waals surface area contributed by atoms with Crippen molar-refractivity contribution in [1.82, 2.24) is 9.80 Å². The summed E-state index contributed by atoms with van der Waals surface area (Å²) in [5.74, 6) is 0.0871. The molecule has 0 aliphatic carbocycles. The molecule has 3 atom stereocenters. The van der Waals surface area contributed by atoms with Crippen LogP contribution in [0.2, 0.25) is 0 Å². The molecular weight excluding hydrogens is 340 g/mol. The number of rotatable bonds is 5. The molecule has 0 saturated carbocycles. The highest BCUT2D eigenvalue weighted by molar-refractivity contribution is 7.90. The fraction of sp³-hybridized carbons (Fsp3) is 0.611. The van der Waals surface area contributed by atoms with Crippen LogP contribution in [-0.4, -0.2) is 69.3 Å². The number of likely N-dealkylation sites (N-methyl/N-ethyl adjacent to an activating group) is 1. The number of amides is 1. The van der Waals surface area contributed by atoms with Gasteiger partial charge in [-0.2, -0.15) is 0 Å². The zero-order valence-electron chi connectivity index (χ0n) is 15.6. The van der Waals surface area contributed by atoms with Crippen molar-refractivity contribution in [1.29, 1.82) is 0 Å². The number of carbonyl (C=O) groups excluding carboxylic acids is 1. The summed E-state index contributed by atoms with van der Waals surface area (Å²) in [6.45, 7) is 7.52. The second-order valence-electron chi connectivity index (χ2n) is 6.99. The Balaban J connectivity index is 2.00. The first-order chi connectivity index (χ1) is 11.6. The molecule has 2 rings (SSSR count). The van der Waals surface area contributed by atoms with Crippen molar-refractivity contribution in [2.75, 3.05) is 32.9 Å². The van der Waals surface area contributed by atoms with Crippen LogP contribution in [0.3, 0.4) is 0 Å². The number of benzene rings is 1. The fourth-order valence-corrected chi connectivity index (χ4v) is 3.71. The molecule has 1 aromatic rings. The molecule has 25 heavy (non-hydrogen) atoms. The number of morpholine rings is 1. The molecule has 1 amide bonds. The quantitative estimate of drug-likeness (QED) is 0.792. The van der Waals surface area contributed by atoms with E-state index in [1.54, 1.807) is 24.3 Å². The molecular formula is C18H28N2O4S. The van der Waals surface area contributed by atoms with Crippen LogP contribution in [0.4, 0.5) is 0 Å². The standard InChI is InChI=1S/C18H28N2O4S/c1-13-10-20(11-14(2)24-13)18(21)12-19(4)15(3)16-6-8-17(9-7-16)25(5,22)23/h6-9,13-15H,10-12H2,1-5H3. The van der Waals surface area contributed by atoms with Crippen LogP contribution in [0.5, 0.6) is 0 Å². The highest BCUT2D eigenvalue weighted by atomic mass is 32.2. The van der Waals surface area contributed by atoms with Crippen LogP contribution in [0, 0.1) is 0 Å². The van der Waals surface area contributed by atoms with E-state index >= 15 is 0 Å². The third kappa shape index (κ3) is 5.26. The monoisotopic (exact) mass is 368 g/mol. The summed E-state index contributed by atoms with van der Waals surface area (Å²) >= 11 is 0. The van der Waals surface area contributed by atoms with Gasteiger partial charge in [-0.15, -0.1) is 0 Å². The van der Waals surface area contributed by atoms with Gasteiger partial charge in [0.15, 0.2) is 9.84 Å². The first-order valence-electron chi connectivity index (χ1n) is 8.51. The smallest absolute Gasteiger partial charge is 0.236 e. The summed E-state index contributed by atoms with van der Waals surface area (Å²) in [4.78, 5) is 16.7. The van der Waals surface area contributed by atoms with Gasteiger partial charge in [0.2, 0.25) is 5.91 Å². The average molecular weight is 368 g/mol. The van der Waals surface area contributed by atoms with Crippen LogP contribution < -0.4 is 0 Å². The molecule has 1 saturated heterocycles. The minimum absolute atomic E-state index is 0.00782. The summed E-state index contributed by atoms with van der Waals surface area (Å²) in [5.41, 5.74) is 0.978. The fourth-order valence-electron chi connectivity index (χ4n) is 3.08. The molecule has 1 fully saturated rings. The van der Waals surface area contributed by atoms with Gasteiger partial charge in [0.1, 0.15) is 0 Å². The van der Waals surface area contributed by atoms with Gasteiger partial charge < -0.3 is 9.64 Å². The SMILES string of the molecule is CC1CN(C(=O)CN(C)C(C)c2ccc(S(C)(=O)=O)cc2)CC(C)O1. The molecule has 0 N–H and O–H groups in total. The molecule has 1 aliphatic heterocycles. The van der Waals surface area contributed by atoms with E-state index in [9.17, 15) is 13.2 Å². The number of ether oxygens (including phenoxy) is 1. The van der Waals surface area contributed by atoms with Crippen molar-refractivity contribution in [2.24, 2.45) is 0 Å². The van der Waals surface area contributed by atoms with Gasteiger partial charge in [-0.1, -0.05) is 12.1 Å². The Morgan fingerprint density at radius 1 is 1.24 bits per heavy atom. The Kier molecular flexibility index (Phi) is 6.24. The molecule has 0 bridgehead atoms. The van der Waals surface area contributed by atoms with Crippen molar-refractivity contribution in [2.45, 2.75) is 43.9 Å². The van der Waals surface area contributed by atoms with Gasteiger partial charge in [-0.25, -0.2) is 8.42 Å². The predicted octanol–water partition coefficient (Wildman–Crippen LogP) is 1.72. The predicted molar refractivity (Wildman–Crippen MR) is 97.2 cm³/mol. The minimum Gasteiger partial charge on any atom is -0.372 e. The molecule has 6 nitrogen and oxygen atoms in total. The van der Waals surface area contributed by atoms with Gasteiger partial charge in [0, 0.05) is 25.4 Å². The van der Waals surface area contributed by atoms with E-state index in [0.717, 1.165) is 5.56 Å². The lowest BCUT2D eigenvalue weighted by Crippen LogP contribution is -2.50. The zero-order chi connectivity index (χ0) is 18.8. The number of hydrogen-bond donors (Lipinski definition) is 0. The van der Waals surface area contributed by atoms with E-state index in [1.165, 1.54) is 6.26 Å². The zero-order valence-corrected chi connectivity index (χ0v) is 16.4. The second kappa shape index (κ2) is 7.85. The molecule has 0 spiro atoms. The normalized spacial score (nSPS) is 22.9. The van der Waals surface area contributed by atoms with Crippen LogP contribution in [0.25, 0.3) is 0 Å². The topological polar surface area (TPSA) is 66.9 Å². The maximum absolute atomic E-state index is 12.6. The summed E-state index contributed by atoms with van der Waals surface area (Å²) in [6, 6.07) is 6.85. The third-order valence-electron chi connectivity index (χ3n) is 4.61. The van der Waals surface area contributed by atoms with Crippen LogP contribution >= 0.6 is 0 Å². The van der Waals surface area contributed by atoms with Crippen molar-refractivity contribution in [3.8, 4) is 0 Å². The lowest BCUT2D eigenvalue weighted by Gasteiger charge is -2.36. The number of hydrogen-bond acceptors (Lipinski definition) is 5. The minimum atomic E-state index is -3.20. The van der Waals surface area contributed by atoms with E-state index in [0.29, 0.717) is 24.5 Å². The third-order valence-corrected chi connectivity index (χ3v) is 5.74. The number of nitrogens with zero attached hydrogens (tertiary/aromatic N) is 2. The van der Waals surface area contributed by atoms with Gasteiger partial charge in [-0.05, 0) is 45.5 Å². The van der Waals surface area contributed by atoms with E-state index in [1.807, 2.05) is 37.6 Å². The van der Waals surface area contributed by atoms with Crippen molar-refractivity contribution < 1.29 is 17.9 Å². The molecule has 3 unspecified atom stereocenters. The highest BCUT2D eigenvalue weighted by Crippen LogP contribution is 2.21. The Morgan fingerprint density at radius 2 is 1.76 bits per heavy atom. The van der Waals surface area contributed by atoms with E-state index in [-0.39, 0.29) is 24.2 Å². The first-order valence-corrected chi connectivity index (χ1v) is 10.4. The summed E-state index contributed by atoms with van der Waals surface area (Å²) < 4.78 is 28.8. The Labute approximate surface area is 150 Å². The molecule has 1 heterocycles. The summed E-state index contributed by atoms with van der Waals surface area (Å²) in [7, 11) is -1.29. The van der Waals surface area contributed by atoms with Crippen molar-refractivity contribution in [3.63, 3.8) is 0 Å². The molecule has 1 aliphatic rings. The van der Waals surface area contributed by atoms with E-state index < -0.39 is 9.84 Å². The average Bonchev–Trinajstić information content (AvgIpc) is 2.52. The van der Waals surface area contributed by atoms with Crippen molar-refractivity contribution in [3.05, 3.63) is 29.8 Å². The van der Waals surface area contributed by atoms with Crippen LogP contribution in [0.1, 0.15) is 32.4 Å². The maximum atomic E-state index is 12.6. The van der Waals surface area contributed by atoms with Crippen molar-refractivity contribution >= 4 is 15.7 Å². The second-order valence-corrected chi connectivity index (χ2v) is 9.00. The van der Waals surface area contributed by atoms with Gasteiger partial charge in [0.25, 0.3) is 0 Å². The first kappa shape index (κ1) is 19.9. The molecule has 0 radical (unpaired) electrons. The molecule has 7 heteroatoms. The van der Waals surface area contributed by atoms with Crippen LogP contribution in [0.15, 0.2) is 29.2 Å². The van der Waals surface area contributed by atoms with Crippen LogP contribution in [-0.2, 0) is 19.4 Å². The number of sulfone groups is 1. The summed E-state index contributed by atoms with van der Waals surface area (Å²) in [5, 5.41) is 0. The molecule has 140 valence electrons. The molecule has 1 aromatic carbocycles. The Morgan fingerprint density at radius 3 is 2.24 bits per heavy atom. The number of carbonyl (C=O) groups is 1. The van der Waals surface area contributed by atoms with E-state index in [4.69, 9.17) is 4.74 Å². The van der Waals surface area contributed by atoms with E-state index in [2.05, 4.69) is 0 Å². The summed E-state index contributed by atoms with van der Waals surface area (Å²) in [6.07, 6.45) is 1.30.